The maximum atomic E-state index is 13.8. The number of halogens is 5. The number of rotatable bonds is 4. The zero-order valence-electron chi connectivity index (χ0n) is 14.4. The molecule has 0 amide bonds. The summed E-state index contributed by atoms with van der Waals surface area (Å²) in [6.07, 6.45) is -0.0143. The van der Waals surface area contributed by atoms with Crippen LogP contribution >= 0.6 is 0 Å². The lowest BCUT2D eigenvalue weighted by atomic mass is 9.99. The summed E-state index contributed by atoms with van der Waals surface area (Å²) in [6.45, 7) is 1.53. The second-order valence-corrected chi connectivity index (χ2v) is 5.98. The van der Waals surface area contributed by atoms with E-state index in [0.29, 0.717) is 5.56 Å². The molecule has 0 fully saturated rings. The molecule has 138 valence electrons. The number of hydrogen-bond acceptors (Lipinski definition) is 0. The molecule has 0 bridgehead atoms. The molecule has 0 aliphatic heterocycles. The van der Waals surface area contributed by atoms with Crippen LogP contribution in [-0.4, -0.2) is 0 Å². The van der Waals surface area contributed by atoms with Gasteiger partial charge in [0.1, 0.15) is 5.83 Å². The fourth-order valence-corrected chi connectivity index (χ4v) is 2.70. The van der Waals surface area contributed by atoms with Crippen molar-refractivity contribution in [1.29, 1.82) is 0 Å². The largest absolute Gasteiger partial charge is 0.209 e. The van der Waals surface area contributed by atoms with Gasteiger partial charge < -0.3 is 0 Å². The molecule has 5 heteroatoms. The average Bonchev–Trinajstić information content (AvgIpc) is 2.70. The van der Waals surface area contributed by atoms with Gasteiger partial charge in [-0.25, -0.2) is 22.0 Å². The van der Waals surface area contributed by atoms with E-state index in [2.05, 4.69) is 0 Å². The quantitative estimate of drug-likeness (QED) is 0.328. The Morgan fingerprint density at radius 2 is 1.07 bits per heavy atom. The van der Waals surface area contributed by atoms with Crippen LogP contribution in [-0.2, 0) is 0 Å². The monoisotopic (exact) mass is 374 g/mol. The molecule has 0 nitrogen and oxygen atoms in total. The third-order valence-corrected chi connectivity index (χ3v) is 4.22. The summed E-state index contributed by atoms with van der Waals surface area (Å²) < 4.78 is 67.0. The third-order valence-electron chi connectivity index (χ3n) is 4.22. The lowest BCUT2D eigenvalue weighted by molar-refractivity contribution is 0.448. The van der Waals surface area contributed by atoms with Crippen LogP contribution in [0.2, 0.25) is 0 Å². The molecule has 0 aliphatic rings. The van der Waals surface area contributed by atoms with Crippen molar-refractivity contribution in [2.75, 3.05) is 0 Å². The predicted octanol–water partition coefficient (Wildman–Crippen LogP) is 7.46. The van der Waals surface area contributed by atoms with Crippen LogP contribution in [0.5, 0.6) is 0 Å². The maximum absolute atomic E-state index is 13.8. The van der Waals surface area contributed by atoms with Gasteiger partial charge in [-0.1, -0.05) is 55.5 Å². The number of hydrogen-bond donors (Lipinski definition) is 0. The Kier molecular flexibility index (Phi) is 5.40. The van der Waals surface area contributed by atoms with Gasteiger partial charge in [0.25, 0.3) is 0 Å². The highest BCUT2D eigenvalue weighted by Crippen LogP contribution is 2.29. The Balaban J connectivity index is 1.88. The maximum Gasteiger partial charge on any atom is 0.194 e. The van der Waals surface area contributed by atoms with Crippen molar-refractivity contribution < 1.29 is 22.0 Å². The molecule has 0 aliphatic carbocycles. The predicted molar refractivity (Wildman–Crippen MR) is 96.6 cm³/mol. The first-order valence-electron chi connectivity index (χ1n) is 8.30. The highest BCUT2D eigenvalue weighted by Gasteiger charge is 2.12. The lowest BCUT2D eigenvalue weighted by Gasteiger charge is -2.07. The summed E-state index contributed by atoms with van der Waals surface area (Å²) in [7, 11) is 0. The van der Waals surface area contributed by atoms with Crippen molar-refractivity contribution in [2.45, 2.75) is 13.3 Å². The van der Waals surface area contributed by atoms with Crippen molar-refractivity contribution in [3.8, 4) is 22.3 Å². The first-order chi connectivity index (χ1) is 12.9. The van der Waals surface area contributed by atoms with Gasteiger partial charge >= 0.3 is 0 Å². The van der Waals surface area contributed by atoms with E-state index < -0.39 is 29.1 Å². The Morgan fingerprint density at radius 1 is 0.667 bits per heavy atom. The van der Waals surface area contributed by atoms with E-state index in [1.165, 1.54) is 19.1 Å². The topological polar surface area (TPSA) is 0 Å². The van der Waals surface area contributed by atoms with E-state index >= 15 is 0 Å². The van der Waals surface area contributed by atoms with E-state index in [1.54, 1.807) is 36.4 Å². The van der Waals surface area contributed by atoms with E-state index in [9.17, 15) is 22.0 Å². The van der Waals surface area contributed by atoms with Gasteiger partial charge in [-0.05, 0) is 40.8 Å². The van der Waals surface area contributed by atoms with E-state index in [1.807, 2.05) is 0 Å². The second-order valence-electron chi connectivity index (χ2n) is 5.98. The van der Waals surface area contributed by atoms with Gasteiger partial charge in [-0.3, -0.25) is 0 Å². The fraction of sp³-hybridized carbons (Fsp3) is 0.0909. The molecular weight excluding hydrogens is 359 g/mol. The van der Waals surface area contributed by atoms with Crippen molar-refractivity contribution in [1.82, 2.24) is 0 Å². The summed E-state index contributed by atoms with van der Waals surface area (Å²) in [5, 5.41) is 0. The summed E-state index contributed by atoms with van der Waals surface area (Å²) in [5.74, 6) is -5.68. The van der Waals surface area contributed by atoms with Crippen molar-refractivity contribution in [2.24, 2.45) is 0 Å². The van der Waals surface area contributed by atoms with E-state index in [0.717, 1.165) is 23.3 Å². The zero-order chi connectivity index (χ0) is 19.6. The molecule has 0 aromatic heterocycles. The Morgan fingerprint density at radius 3 is 1.52 bits per heavy atom. The molecule has 0 N–H and O–H groups in total. The smallest absolute Gasteiger partial charge is 0.194 e. The van der Waals surface area contributed by atoms with Crippen LogP contribution in [0.3, 0.4) is 0 Å². The molecule has 0 unspecified atom stereocenters. The number of allylic oxidation sites excluding steroid dienone is 1. The highest BCUT2D eigenvalue weighted by molar-refractivity contribution is 5.72. The van der Waals surface area contributed by atoms with E-state index in [-0.39, 0.29) is 17.5 Å². The molecule has 3 aromatic rings. The summed E-state index contributed by atoms with van der Waals surface area (Å²) in [6, 6.07) is 14.9. The summed E-state index contributed by atoms with van der Waals surface area (Å²) >= 11 is 0. The van der Waals surface area contributed by atoms with Crippen LogP contribution < -0.4 is 0 Å². The molecule has 0 saturated carbocycles. The zero-order valence-corrected chi connectivity index (χ0v) is 14.4. The normalized spacial score (nSPS) is 12.1. The van der Waals surface area contributed by atoms with E-state index in [4.69, 9.17) is 0 Å². The van der Waals surface area contributed by atoms with Gasteiger partial charge in [0.2, 0.25) is 0 Å². The van der Waals surface area contributed by atoms with Gasteiger partial charge in [0.15, 0.2) is 23.3 Å². The SMILES string of the molecule is CC/C(F)=C(\F)c1ccc(-c2ccc(-c3cc(F)c(F)c(F)c3)cc2)cc1. The number of benzene rings is 3. The minimum absolute atomic E-state index is 0.0143. The molecule has 0 spiro atoms. The van der Waals surface area contributed by atoms with Crippen LogP contribution in [0.25, 0.3) is 28.1 Å². The molecule has 0 radical (unpaired) electrons. The molecule has 0 atom stereocenters. The fourth-order valence-electron chi connectivity index (χ4n) is 2.70. The Hall–Kier alpha value is -2.95. The summed E-state index contributed by atoms with van der Waals surface area (Å²) in [4.78, 5) is 0. The Labute approximate surface area is 153 Å². The summed E-state index contributed by atoms with van der Waals surface area (Å²) in [5.41, 5.74) is 2.45. The minimum Gasteiger partial charge on any atom is -0.209 e. The minimum atomic E-state index is -1.50. The van der Waals surface area contributed by atoms with Gasteiger partial charge in [0, 0.05) is 5.56 Å². The van der Waals surface area contributed by atoms with Crippen LogP contribution in [0, 0.1) is 17.5 Å². The molecular formula is C22H15F5. The first kappa shape index (κ1) is 18.8. The van der Waals surface area contributed by atoms with Crippen LogP contribution in [0.1, 0.15) is 18.9 Å². The molecule has 27 heavy (non-hydrogen) atoms. The van der Waals surface area contributed by atoms with Crippen LogP contribution in [0.15, 0.2) is 66.5 Å². The molecule has 0 saturated heterocycles. The molecule has 0 heterocycles. The standard InChI is InChI=1S/C22H15F5/c1-2-18(23)21(26)16-9-7-14(8-10-16)13-3-5-15(6-4-13)17-11-19(24)22(27)20(25)12-17/h3-12H,2H2,1H3/b21-18+. The lowest BCUT2D eigenvalue weighted by Crippen LogP contribution is -1.91. The molecule has 3 rings (SSSR count). The average molecular weight is 374 g/mol. The van der Waals surface area contributed by atoms with Gasteiger partial charge in [-0.2, -0.15) is 0 Å². The molecule has 3 aromatic carbocycles. The van der Waals surface area contributed by atoms with Gasteiger partial charge in [-0.15, -0.1) is 0 Å². The van der Waals surface area contributed by atoms with Crippen molar-refractivity contribution >= 4 is 5.83 Å². The van der Waals surface area contributed by atoms with Crippen LogP contribution in [0.4, 0.5) is 22.0 Å². The highest BCUT2D eigenvalue weighted by atomic mass is 19.2. The third kappa shape index (κ3) is 3.92. The first-order valence-corrected chi connectivity index (χ1v) is 8.30. The van der Waals surface area contributed by atoms with Gasteiger partial charge in [0.05, 0.1) is 0 Å². The van der Waals surface area contributed by atoms with Crippen molar-refractivity contribution in [3.63, 3.8) is 0 Å². The second kappa shape index (κ2) is 7.74. The van der Waals surface area contributed by atoms with Crippen molar-refractivity contribution in [3.05, 3.63) is 89.5 Å². The Bertz CT molecular complexity index is 963.